The van der Waals surface area contributed by atoms with Crippen LogP contribution in [-0.4, -0.2) is 27.6 Å². The van der Waals surface area contributed by atoms with Gasteiger partial charge in [-0.3, -0.25) is 14.5 Å². The smallest absolute Gasteiger partial charge is 0.234 e. The standard InChI is InChI=1S/C30H29FN6O2S2/c1-16-5-10-20(11-17(16)2)34-24(39)15-40-29-36-35-28(41-29)37-22-12-30(3,4)13-23(38)26(22)25(21(14-32)27(37)33)18-6-8-19(31)9-7-18/h5-11,25H,12-13,15,33H2,1-4H3,(H,34,39). The van der Waals surface area contributed by atoms with Gasteiger partial charge in [0.1, 0.15) is 11.6 Å². The largest absolute Gasteiger partial charge is 0.384 e. The summed E-state index contributed by atoms with van der Waals surface area (Å²) in [7, 11) is 0. The monoisotopic (exact) mass is 588 g/mol. The predicted molar refractivity (Wildman–Crippen MR) is 159 cm³/mol. The van der Waals surface area contributed by atoms with Crippen LogP contribution in [0, 0.1) is 36.4 Å². The first-order valence-electron chi connectivity index (χ1n) is 13.0. The summed E-state index contributed by atoms with van der Waals surface area (Å²) in [6.45, 7) is 8.02. The van der Waals surface area contributed by atoms with Crippen LogP contribution in [0.3, 0.4) is 0 Å². The summed E-state index contributed by atoms with van der Waals surface area (Å²) in [5.74, 6) is -1.09. The van der Waals surface area contributed by atoms with Gasteiger partial charge in [0, 0.05) is 23.4 Å². The average molecular weight is 589 g/mol. The Kier molecular flexibility index (Phi) is 7.72. The van der Waals surface area contributed by atoms with E-state index in [1.807, 2.05) is 45.9 Å². The van der Waals surface area contributed by atoms with Crippen LogP contribution in [0.2, 0.25) is 0 Å². The lowest BCUT2D eigenvalue weighted by atomic mass is 9.69. The van der Waals surface area contributed by atoms with Crippen LogP contribution >= 0.6 is 23.1 Å². The van der Waals surface area contributed by atoms with Crippen LogP contribution in [0.15, 0.2) is 69.5 Å². The lowest BCUT2D eigenvalue weighted by Crippen LogP contribution is -2.42. The summed E-state index contributed by atoms with van der Waals surface area (Å²) < 4.78 is 14.3. The second-order valence-corrected chi connectivity index (χ2v) is 13.2. The number of ketones is 1. The number of aryl methyl sites for hydroxylation is 2. The van der Waals surface area contributed by atoms with Crippen molar-refractivity contribution in [3.05, 3.63) is 87.6 Å². The van der Waals surface area contributed by atoms with Gasteiger partial charge in [-0.15, -0.1) is 10.2 Å². The molecule has 2 aliphatic rings. The molecule has 0 radical (unpaired) electrons. The molecule has 3 aromatic rings. The van der Waals surface area contributed by atoms with Crippen LogP contribution in [0.5, 0.6) is 0 Å². The molecule has 1 unspecified atom stereocenters. The van der Waals surface area contributed by atoms with Gasteiger partial charge in [-0.2, -0.15) is 5.26 Å². The lowest BCUT2D eigenvalue weighted by Gasteiger charge is -2.42. The Bertz CT molecular complexity index is 1650. The van der Waals surface area contributed by atoms with Crippen molar-refractivity contribution >= 4 is 45.6 Å². The molecule has 1 aliphatic carbocycles. The molecule has 210 valence electrons. The molecule has 5 rings (SSSR count). The molecule has 0 saturated heterocycles. The number of Topliss-reactive ketones (excluding diaryl/α,β-unsaturated/α-hetero) is 1. The van der Waals surface area contributed by atoms with Gasteiger partial charge in [0.15, 0.2) is 10.1 Å². The molecule has 1 aliphatic heterocycles. The van der Waals surface area contributed by atoms with Crippen molar-refractivity contribution in [2.45, 2.75) is 50.8 Å². The molecule has 8 nitrogen and oxygen atoms in total. The third kappa shape index (κ3) is 5.76. The molecule has 2 aromatic carbocycles. The van der Waals surface area contributed by atoms with Crippen LogP contribution in [0.1, 0.15) is 49.3 Å². The molecule has 11 heteroatoms. The fourth-order valence-electron chi connectivity index (χ4n) is 5.21. The zero-order valence-electron chi connectivity index (χ0n) is 23.1. The van der Waals surface area contributed by atoms with Gasteiger partial charge in [0.25, 0.3) is 0 Å². The number of benzene rings is 2. The molecular weight excluding hydrogens is 560 g/mol. The first kappa shape index (κ1) is 28.5. The number of nitrogens with one attached hydrogen (secondary N) is 1. The van der Waals surface area contributed by atoms with Gasteiger partial charge >= 0.3 is 0 Å². The minimum atomic E-state index is -0.702. The highest BCUT2D eigenvalue weighted by Gasteiger charge is 2.45. The number of anilines is 2. The van der Waals surface area contributed by atoms with Gasteiger partial charge in [0.05, 0.1) is 23.3 Å². The molecule has 0 bridgehead atoms. The fourth-order valence-corrected chi connectivity index (χ4v) is 6.89. The number of halogens is 1. The Balaban J connectivity index is 1.45. The van der Waals surface area contributed by atoms with Gasteiger partial charge in [-0.1, -0.05) is 55.1 Å². The number of carbonyl (C=O) groups excluding carboxylic acids is 2. The highest BCUT2D eigenvalue weighted by Crippen LogP contribution is 2.50. The van der Waals surface area contributed by atoms with E-state index in [0.717, 1.165) is 16.8 Å². The minimum absolute atomic E-state index is 0.0852. The van der Waals surface area contributed by atoms with Crippen LogP contribution in [0.4, 0.5) is 15.2 Å². The number of allylic oxidation sites excluding steroid dienone is 3. The maximum absolute atomic E-state index is 13.7. The van der Waals surface area contributed by atoms with Gasteiger partial charge in [0.2, 0.25) is 11.0 Å². The van der Waals surface area contributed by atoms with E-state index in [9.17, 15) is 19.2 Å². The van der Waals surface area contributed by atoms with Crippen molar-refractivity contribution in [1.82, 2.24) is 10.2 Å². The fraction of sp³-hybridized carbons (Fsp3) is 0.300. The second-order valence-electron chi connectivity index (χ2n) is 11.0. The SMILES string of the molecule is Cc1ccc(NC(=O)CSc2nnc(N3C(N)=C(C#N)C(c4ccc(F)cc4)C4=C3CC(C)(C)CC4=O)s2)cc1C. The summed E-state index contributed by atoms with van der Waals surface area (Å²) in [6, 6.07) is 13.7. The molecule has 0 fully saturated rings. The van der Waals surface area contributed by atoms with E-state index in [1.54, 1.807) is 17.0 Å². The van der Waals surface area contributed by atoms with Crippen molar-refractivity contribution in [3.63, 3.8) is 0 Å². The Morgan fingerprint density at radius 2 is 1.93 bits per heavy atom. The van der Waals surface area contributed by atoms with E-state index in [4.69, 9.17) is 5.73 Å². The Morgan fingerprint density at radius 1 is 1.20 bits per heavy atom. The predicted octanol–water partition coefficient (Wildman–Crippen LogP) is 5.97. The summed E-state index contributed by atoms with van der Waals surface area (Å²) in [6.07, 6.45) is 0.828. The van der Waals surface area contributed by atoms with E-state index >= 15 is 0 Å². The molecular formula is C30H29FN6O2S2. The number of nitriles is 1. The molecule has 3 N–H and O–H groups in total. The third-order valence-corrected chi connectivity index (χ3v) is 9.33. The number of amides is 1. The van der Waals surface area contributed by atoms with E-state index in [1.165, 1.54) is 35.2 Å². The number of aromatic nitrogens is 2. The van der Waals surface area contributed by atoms with Crippen molar-refractivity contribution in [2.75, 3.05) is 16.0 Å². The van der Waals surface area contributed by atoms with Crippen LogP contribution in [0.25, 0.3) is 0 Å². The average Bonchev–Trinajstić information content (AvgIpc) is 3.37. The topological polar surface area (TPSA) is 125 Å². The van der Waals surface area contributed by atoms with E-state index < -0.39 is 11.7 Å². The van der Waals surface area contributed by atoms with Gasteiger partial charge in [-0.05, 0) is 66.6 Å². The second kappa shape index (κ2) is 11.1. The summed E-state index contributed by atoms with van der Waals surface area (Å²) in [5, 5.41) is 22.1. The lowest BCUT2D eigenvalue weighted by molar-refractivity contribution is -0.118. The van der Waals surface area contributed by atoms with E-state index in [-0.39, 0.29) is 34.3 Å². The first-order chi connectivity index (χ1) is 19.5. The molecule has 41 heavy (non-hydrogen) atoms. The number of rotatable bonds is 6. The highest BCUT2D eigenvalue weighted by molar-refractivity contribution is 8.01. The minimum Gasteiger partial charge on any atom is -0.384 e. The Morgan fingerprint density at radius 3 is 2.61 bits per heavy atom. The van der Waals surface area contributed by atoms with Crippen molar-refractivity contribution in [1.29, 1.82) is 5.26 Å². The normalized spacial score (nSPS) is 18.3. The Labute approximate surface area is 246 Å². The number of nitrogens with zero attached hydrogens (tertiary/aromatic N) is 4. The molecule has 1 amide bonds. The molecule has 0 spiro atoms. The van der Waals surface area contributed by atoms with Gasteiger partial charge < -0.3 is 11.1 Å². The summed E-state index contributed by atoms with van der Waals surface area (Å²) in [5.41, 5.74) is 11.2. The number of nitrogens with two attached hydrogens (primary N) is 1. The summed E-state index contributed by atoms with van der Waals surface area (Å²) >= 11 is 2.47. The van der Waals surface area contributed by atoms with Crippen molar-refractivity contribution in [3.8, 4) is 6.07 Å². The van der Waals surface area contributed by atoms with Crippen molar-refractivity contribution in [2.24, 2.45) is 11.1 Å². The highest BCUT2D eigenvalue weighted by atomic mass is 32.2. The van der Waals surface area contributed by atoms with E-state index in [0.29, 0.717) is 39.1 Å². The zero-order chi connectivity index (χ0) is 29.5. The van der Waals surface area contributed by atoms with Crippen molar-refractivity contribution < 1.29 is 14.0 Å². The third-order valence-electron chi connectivity index (χ3n) is 7.29. The Hall–Kier alpha value is -4.01. The number of hydrogen-bond donors (Lipinski definition) is 2. The maximum Gasteiger partial charge on any atom is 0.234 e. The maximum atomic E-state index is 13.7. The molecule has 0 saturated carbocycles. The molecule has 2 heterocycles. The summed E-state index contributed by atoms with van der Waals surface area (Å²) in [4.78, 5) is 27.8. The number of thioether (sulfide) groups is 1. The zero-order valence-corrected chi connectivity index (χ0v) is 24.8. The van der Waals surface area contributed by atoms with Gasteiger partial charge in [-0.25, -0.2) is 4.39 Å². The van der Waals surface area contributed by atoms with Crippen LogP contribution in [-0.2, 0) is 9.59 Å². The van der Waals surface area contributed by atoms with Crippen LogP contribution < -0.4 is 16.0 Å². The number of carbonyl (C=O) groups is 2. The quantitative estimate of drug-likeness (QED) is 0.338. The first-order valence-corrected chi connectivity index (χ1v) is 14.8. The molecule has 1 aromatic heterocycles. The molecule has 1 atom stereocenters. The van der Waals surface area contributed by atoms with E-state index in [2.05, 4.69) is 21.6 Å². The number of hydrogen-bond acceptors (Lipinski definition) is 9.